The lowest BCUT2D eigenvalue weighted by atomic mass is 9.99. The quantitative estimate of drug-likeness (QED) is 0.657. The van der Waals surface area contributed by atoms with E-state index in [1.807, 2.05) is 18.3 Å². The Kier molecular flexibility index (Phi) is 3.63. The molecule has 0 amide bonds. The van der Waals surface area contributed by atoms with Gasteiger partial charge >= 0.3 is 0 Å². The second-order valence-corrected chi connectivity index (χ2v) is 3.68. The molecule has 14 heavy (non-hydrogen) atoms. The van der Waals surface area contributed by atoms with E-state index in [9.17, 15) is 0 Å². The number of aromatic nitrogens is 1. The van der Waals surface area contributed by atoms with Crippen LogP contribution in [0.4, 0.5) is 0 Å². The van der Waals surface area contributed by atoms with Gasteiger partial charge in [-0.1, -0.05) is 38.7 Å². The summed E-state index contributed by atoms with van der Waals surface area (Å²) in [5.41, 5.74) is 3.65. The largest absolute Gasteiger partial charge is 0.260 e. The molecule has 0 radical (unpaired) electrons. The summed E-state index contributed by atoms with van der Waals surface area (Å²) in [4.78, 5) is 4.41. The van der Waals surface area contributed by atoms with Gasteiger partial charge in [0.25, 0.3) is 0 Å². The Hall–Kier alpha value is -1.37. The maximum Gasteiger partial charge on any atom is 0.0503 e. The highest BCUT2D eigenvalue weighted by Gasteiger charge is 2.07. The molecule has 0 fully saturated rings. The Morgan fingerprint density at radius 1 is 1.43 bits per heavy atom. The summed E-state index contributed by atoms with van der Waals surface area (Å²) in [6.45, 7) is 10.1. The van der Waals surface area contributed by atoms with Crippen LogP contribution in [-0.2, 0) is 0 Å². The Balaban J connectivity index is 3.21. The van der Waals surface area contributed by atoms with Gasteiger partial charge in [-0.25, -0.2) is 0 Å². The summed E-state index contributed by atoms with van der Waals surface area (Å²) in [5, 5.41) is 0. The first-order valence-electron chi connectivity index (χ1n) is 4.91. The number of pyridine rings is 1. The van der Waals surface area contributed by atoms with E-state index in [4.69, 9.17) is 0 Å². The van der Waals surface area contributed by atoms with Gasteiger partial charge in [0, 0.05) is 6.20 Å². The minimum atomic E-state index is 0.458. The van der Waals surface area contributed by atoms with Crippen molar-refractivity contribution in [2.75, 3.05) is 0 Å². The third kappa shape index (κ3) is 2.32. The zero-order valence-corrected chi connectivity index (χ0v) is 9.12. The van der Waals surface area contributed by atoms with E-state index in [0.717, 1.165) is 5.69 Å². The number of hydrogen-bond donors (Lipinski definition) is 0. The molecule has 1 aromatic heterocycles. The fourth-order valence-electron chi connectivity index (χ4n) is 1.43. The van der Waals surface area contributed by atoms with Crippen molar-refractivity contribution in [3.63, 3.8) is 0 Å². The van der Waals surface area contributed by atoms with Crippen molar-refractivity contribution in [2.24, 2.45) is 0 Å². The molecular weight excluding hydrogens is 170 g/mol. The summed E-state index contributed by atoms with van der Waals surface area (Å²) in [6.07, 6.45) is 7.69. The fraction of sp³-hybridized carbons (Fsp3) is 0.308. The van der Waals surface area contributed by atoms with Gasteiger partial charge in [-0.3, -0.25) is 4.98 Å². The molecule has 0 aliphatic rings. The van der Waals surface area contributed by atoms with Crippen molar-refractivity contribution in [3.05, 3.63) is 47.8 Å². The molecule has 1 heteroatoms. The molecular formula is C13H17N. The molecule has 0 aromatic carbocycles. The molecule has 74 valence electrons. The number of hydrogen-bond acceptors (Lipinski definition) is 1. The zero-order chi connectivity index (χ0) is 10.6. The molecule has 0 aliphatic heterocycles. The summed E-state index contributed by atoms with van der Waals surface area (Å²) >= 11 is 0. The maximum atomic E-state index is 4.41. The highest BCUT2D eigenvalue weighted by Crippen LogP contribution is 2.21. The standard InChI is InChI=1S/C13H17N/c1-5-6-7-12-11(4)8-9-14-13(12)10(2)3/h5-10H,1H2,2-4H3/b7-6-. The number of aryl methyl sites for hydroxylation is 1. The third-order valence-corrected chi connectivity index (χ3v) is 2.18. The first-order chi connectivity index (χ1) is 6.66. The van der Waals surface area contributed by atoms with E-state index in [1.54, 1.807) is 6.08 Å². The lowest BCUT2D eigenvalue weighted by Gasteiger charge is -2.10. The van der Waals surface area contributed by atoms with Gasteiger partial charge in [0.05, 0.1) is 5.69 Å². The average Bonchev–Trinajstić information content (AvgIpc) is 2.15. The molecule has 1 aromatic rings. The predicted octanol–water partition coefficient (Wildman–Crippen LogP) is 3.71. The van der Waals surface area contributed by atoms with Crippen LogP contribution in [0.25, 0.3) is 6.08 Å². The van der Waals surface area contributed by atoms with Crippen LogP contribution in [0.5, 0.6) is 0 Å². The molecule has 0 saturated heterocycles. The van der Waals surface area contributed by atoms with Gasteiger partial charge in [0.2, 0.25) is 0 Å². The second kappa shape index (κ2) is 4.75. The van der Waals surface area contributed by atoms with Crippen LogP contribution in [0.2, 0.25) is 0 Å². The van der Waals surface area contributed by atoms with E-state index in [2.05, 4.69) is 38.4 Å². The van der Waals surface area contributed by atoms with Crippen molar-refractivity contribution < 1.29 is 0 Å². The topological polar surface area (TPSA) is 12.9 Å². The highest BCUT2D eigenvalue weighted by atomic mass is 14.7. The molecule has 1 nitrogen and oxygen atoms in total. The van der Waals surface area contributed by atoms with Crippen LogP contribution >= 0.6 is 0 Å². The van der Waals surface area contributed by atoms with Crippen LogP contribution in [0.1, 0.15) is 36.6 Å². The Bertz CT molecular complexity index is 348. The summed E-state index contributed by atoms with van der Waals surface area (Å²) < 4.78 is 0. The lowest BCUT2D eigenvalue weighted by molar-refractivity contribution is 0.817. The summed E-state index contributed by atoms with van der Waals surface area (Å²) in [6, 6.07) is 2.04. The molecule has 0 bridgehead atoms. The molecule has 0 saturated carbocycles. The van der Waals surface area contributed by atoms with Crippen molar-refractivity contribution >= 4 is 6.08 Å². The van der Waals surface area contributed by atoms with E-state index in [0.29, 0.717) is 5.92 Å². The molecule has 1 heterocycles. The zero-order valence-electron chi connectivity index (χ0n) is 9.12. The van der Waals surface area contributed by atoms with Crippen LogP contribution in [0.3, 0.4) is 0 Å². The molecule has 0 N–H and O–H groups in total. The number of rotatable bonds is 3. The maximum absolute atomic E-state index is 4.41. The summed E-state index contributed by atoms with van der Waals surface area (Å²) in [5.74, 6) is 0.458. The normalized spacial score (nSPS) is 11.1. The summed E-state index contributed by atoms with van der Waals surface area (Å²) in [7, 11) is 0. The lowest BCUT2D eigenvalue weighted by Crippen LogP contribution is -1.98. The number of allylic oxidation sites excluding steroid dienone is 2. The van der Waals surface area contributed by atoms with E-state index >= 15 is 0 Å². The Labute approximate surface area is 86.2 Å². The average molecular weight is 187 g/mol. The van der Waals surface area contributed by atoms with Crippen LogP contribution < -0.4 is 0 Å². The van der Waals surface area contributed by atoms with Crippen molar-refractivity contribution in [1.29, 1.82) is 0 Å². The minimum absolute atomic E-state index is 0.458. The molecule has 0 aliphatic carbocycles. The van der Waals surface area contributed by atoms with E-state index in [-0.39, 0.29) is 0 Å². The van der Waals surface area contributed by atoms with Crippen molar-refractivity contribution in [1.82, 2.24) is 4.98 Å². The number of nitrogens with zero attached hydrogens (tertiary/aromatic N) is 1. The monoisotopic (exact) mass is 187 g/mol. The SMILES string of the molecule is C=C/C=C\c1c(C)ccnc1C(C)C. The predicted molar refractivity (Wildman–Crippen MR) is 62.3 cm³/mol. The minimum Gasteiger partial charge on any atom is -0.260 e. The van der Waals surface area contributed by atoms with Crippen LogP contribution in [0.15, 0.2) is 31.0 Å². The molecule has 1 rings (SSSR count). The molecule has 0 atom stereocenters. The highest BCUT2D eigenvalue weighted by molar-refractivity contribution is 5.57. The van der Waals surface area contributed by atoms with Gasteiger partial charge in [0.15, 0.2) is 0 Å². The third-order valence-electron chi connectivity index (χ3n) is 2.18. The van der Waals surface area contributed by atoms with Gasteiger partial charge in [-0.15, -0.1) is 0 Å². The van der Waals surface area contributed by atoms with Crippen molar-refractivity contribution in [3.8, 4) is 0 Å². The molecule has 0 spiro atoms. The molecule has 0 unspecified atom stereocenters. The van der Waals surface area contributed by atoms with Gasteiger partial charge in [-0.2, -0.15) is 0 Å². The Morgan fingerprint density at radius 3 is 2.71 bits per heavy atom. The fourth-order valence-corrected chi connectivity index (χ4v) is 1.43. The smallest absolute Gasteiger partial charge is 0.0503 e. The van der Waals surface area contributed by atoms with E-state index < -0.39 is 0 Å². The van der Waals surface area contributed by atoms with Gasteiger partial charge in [0.1, 0.15) is 0 Å². The van der Waals surface area contributed by atoms with Gasteiger partial charge < -0.3 is 0 Å². The van der Waals surface area contributed by atoms with Crippen molar-refractivity contribution in [2.45, 2.75) is 26.7 Å². The van der Waals surface area contributed by atoms with E-state index in [1.165, 1.54) is 11.1 Å². The Morgan fingerprint density at radius 2 is 2.14 bits per heavy atom. The first-order valence-corrected chi connectivity index (χ1v) is 4.91. The second-order valence-electron chi connectivity index (χ2n) is 3.68. The first kappa shape index (κ1) is 10.7. The van der Waals surface area contributed by atoms with Crippen LogP contribution in [0, 0.1) is 6.92 Å². The van der Waals surface area contributed by atoms with Crippen LogP contribution in [-0.4, -0.2) is 4.98 Å². The van der Waals surface area contributed by atoms with Gasteiger partial charge in [-0.05, 0) is 30.0 Å².